The second kappa shape index (κ2) is 2.94. The molecule has 0 N–H and O–H groups in total. The van der Waals surface area contributed by atoms with Crippen LogP contribution < -0.4 is 0 Å². The minimum absolute atomic E-state index is 0.794. The quantitative estimate of drug-likeness (QED) is 0.314. The van der Waals surface area contributed by atoms with Crippen molar-refractivity contribution in [2.75, 3.05) is 0 Å². The SMILES string of the molecule is C[C](=S)[K]. The first-order chi connectivity index (χ1) is 1.73. The van der Waals surface area contributed by atoms with E-state index in [1.54, 1.807) is 0 Å². The Labute approximate surface area is 65.5 Å². The van der Waals surface area contributed by atoms with E-state index in [1.165, 1.54) is -1.04 Å². The van der Waals surface area contributed by atoms with Gasteiger partial charge in [0.25, 0.3) is 0 Å². The van der Waals surface area contributed by atoms with Gasteiger partial charge in [0.05, 0.1) is 0 Å². The van der Waals surface area contributed by atoms with Crippen LogP contribution in [0.3, 0.4) is 0 Å². The van der Waals surface area contributed by atoms with E-state index in [0.29, 0.717) is 0 Å². The Kier molecular flexibility index (Phi) is 4.21. The molecular formula is C2H3KS. The third kappa shape index (κ3) is 9.29. The third-order valence-electron chi connectivity index (χ3n) is 0. The number of thiocarbonyl (C=S) groups is 1. The molecule has 2 heteroatoms. The maximum atomic E-state index is 4.62. The van der Waals surface area contributed by atoms with Crippen molar-refractivity contribution in [3.8, 4) is 0 Å². The van der Waals surface area contributed by atoms with E-state index < -0.39 is 0 Å². The molecular weight excluding hydrogens is 95.2 g/mol. The van der Waals surface area contributed by atoms with Gasteiger partial charge in [-0.25, -0.2) is 0 Å². The summed E-state index contributed by atoms with van der Waals surface area (Å²) in [6, 6.07) is 0. The Morgan fingerprint density at radius 3 is 2.00 bits per heavy atom. The van der Waals surface area contributed by atoms with Crippen LogP contribution in [-0.2, 0) is 0 Å². The first-order valence-electron chi connectivity index (χ1n) is 1.20. The van der Waals surface area contributed by atoms with Gasteiger partial charge < -0.3 is 0 Å². The van der Waals surface area contributed by atoms with Crippen LogP contribution in [0.25, 0.3) is 0 Å². The zero-order chi connectivity index (χ0) is 3.58. The van der Waals surface area contributed by atoms with E-state index in [-0.39, 0.29) is 0 Å². The molecule has 0 unspecified atom stereocenters. The van der Waals surface area contributed by atoms with Crippen molar-refractivity contribution < 1.29 is 0 Å². The summed E-state index contributed by atoms with van der Waals surface area (Å²) in [5, 5.41) is 0. The third-order valence-corrected chi connectivity index (χ3v) is 0. The van der Waals surface area contributed by atoms with Crippen molar-refractivity contribution in [2.24, 2.45) is 0 Å². The Hall–Kier alpha value is 1.73. The predicted octanol–water partition coefficient (Wildman–Crippen LogP) is 0.502. The second-order valence-electron chi connectivity index (χ2n) is 0.908. The molecule has 0 saturated heterocycles. The van der Waals surface area contributed by atoms with Crippen LogP contribution in [-0.4, -0.2) is 47.9 Å². The summed E-state index contributed by atoms with van der Waals surface area (Å²) in [7, 11) is 0. The first kappa shape index (κ1) is 5.73. The van der Waals surface area contributed by atoms with Crippen molar-refractivity contribution in [1.29, 1.82) is 0 Å². The summed E-state index contributed by atoms with van der Waals surface area (Å²) < 4.78 is 1.19. The maximum absolute atomic E-state index is 4.62. The molecule has 0 radical (unpaired) electrons. The molecule has 4 heavy (non-hydrogen) atoms. The van der Waals surface area contributed by atoms with Gasteiger partial charge in [0.2, 0.25) is 0 Å². The zero-order valence-electron chi connectivity index (χ0n) is 2.91. The van der Waals surface area contributed by atoms with Crippen molar-refractivity contribution in [3.63, 3.8) is 0 Å². The zero-order valence-corrected chi connectivity index (χ0v) is 6.85. The summed E-state index contributed by atoms with van der Waals surface area (Å²) in [4.78, 5) is 0. The summed E-state index contributed by atoms with van der Waals surface area (Å²) in [5.74, 6) is 0. The van der Waals surface area contributed by atoms with Gasteiger partial charge in [-0.05, 0) is 0 Å². The standard InChI is InChI=1S/C2H3S.K/c1-2-3;/h1H3;. The van der Waals surface area contributed by atoms with Crippen molar-refractivity contribution in [1.82, 2.24) is 0 Å². The molecule has 0 fully saturated rings. The monoisotopic (exact) mass is 98.0 g/mol. The summed E-state index contributed by atoms with van der Waals surface area (Å²) in [5.41, 5.74) is 0. The predicted molar refractivity (Wildman–Crippen MR) is 24.0 cm³/mol. The molecule has 0 aromatic rings. The summed E-state index contributed by atoms with van der Waals surface area (Å²) in [6.45, 7) is 1.98. The van der Waals surface area contributed by atoms with E-state index in [2.05, 4.69) is 12.2 Å². The molecule has 0 aromatic carbocycles. The number of hydrogen-bond acceptors (Lipinski definition) is 1. The van der Waals surface area contributed by atoms with Gasteiger partial charge in [-0.3, -0.25) is 0 Å². The molecule has 18 valence electrons. The average molecular weight is 98.2 g/mol. The molecule has 0 aromatic heterocycles. The minimum atomic E-state index is 0.794. The van der Waals surface area contributed by atoms with Crippen LogP contribution in [0.15, 0.2) is 0 Å². The van der Waals surface area contributed by atoms with Crippen LogP contribution in [0.2, 0.25) is 0 Å². The van der Waals surface area contributed by atoms with Crippen LogP contribution in [0, 0.1) is 0 Å². The molecule has 0 saturated carbocycles. The molecule has 0 bridgehead atoms. The van der Waals surface area contributed by atoms with Crippen LogP contribution in [0.5, 0.6) is 0 Å². The Balaban J connectivity index is 2.80. The van der Waals surface area contributed by atoms with Crippen molar-refractivity contribution in [2.45, 2.75) is 6.92 Å². The fourth-order valence-electron chi connectivity index (χ4n) is 0. The normalized spacial score (nSPS) is 6.75. The van der Waals surface area contributed by atoms with E-state index in [0.717, 1.165) is 49.0 Å². The van der Waals surface area contributed by atoms with E-state index in [4.69, 9.17) is 0 Å². The van der Waals surface area contributed by atoms with Gasteiger partial charge >= 0.3 is 67.1 Å². The van der Waals surface area contributed by atoms with Gasteiger partial charge in [-0.2, -0.15) is 0 Å². The second-order valence-corrected chi connectivity index (χ2v) is 5.20. The van der Waals surface area contributed by atoms with Gasteiger partial charge in [0, 0.05) is 0 Å². The van der Waals surface area contributed by atoms with Crippen molar-refractivity contribution >= 4 is 60.1 Å². The fourth-order valence-corrected chi connectivity index (χ4v) is 0. The van der Waals surface area contributed by atoms with E-state index >= 15 is 0 Å². The van der Waals surface area contributed by atoms with Gasteiger partial charge in [0.15, 0.2) is 0 Å². The molecule has 0 amide bonds. The summed E-state index contributed by atoms with van der Waals surface area (Å²) in [6.07, 6.45) is 0. The Bertz CT molecular complexity index is 29.0. The summed E-state index contributed by atoms with van der Waals surface area (Å²) >= 11 is 5.41. The Morgan fingerprint density at radius 2 is 2.00 bits per heavy atom. The van der Waals surface area contributed by atoms with Gasteiger partial charge in [-0.1, -0.05) is 0 Å². The molecule has 0 atom stereocenters. The molecule has 0 spiro atoms. The van der Waals surface area contributed by atoms with Crippen LogP contribution in [0.4, 0.5) is 0 Å². The molecule has 0 rings (SSSR count). The molecule has 0 aliphatic rings. The van der Waals surface area contributed by atoms with Crippen LogP contribution in [0.1, 0.15) is 6.92 Å². The first-order valence-corrected chi connectivity index (χ1v) is 3.17. The van der Waals surface area contributed by atoms with Gasteiger partial charge in [0.1, 0.15) is 0 Å². The van der Waals surface area contributed by atoms with Crippen LogP contribution >= 0.6 is 12.2 Å². The van der Waals surface area contributed by atoms with Gasteiger partial charge in [-0.15, -0.1) is 0 Å². The van der Waals surface area contributed by atoms with Crippen molar-refractivity contribution in [3.05, 3.63) is 0 Å². The molecule has 0 aliphatic carbocycles. The van der Waals surface area contributed by atoms with E-state index in [9.17, 15) is 0 Å². The topological polar surface area (TPSA) is 0 Å². The Morgan fingerprint density at radius 1 is 2.00 bits per heavy atom. The number of hydrogen-bond donors (Lipinski definition) is 0. The molecule has 0 aliphatic heterocycles. The fraction of sp³-hybridized carbons (Fsp3) is 0.500. The van der Waals surface area contributed by atoms with E-state index in [1.807, 2.05) is 6.92 Å². The molecule has 0 nitrogen and oxygen atoms in total. The number of rotatable bonds is 0. The molecule has 0 heterocycles. The average Bonchev–Trinajstić information content (AvgIpc) is 0.811.